The molecule has 0 radical (unpaired) electrons. The molecule has 1 atom stereocenters. The molecule has 2 aromatic rings. The minimum atomic E-state index is 0.100. The Morgan fingerprint density at radius 2 is 2.06 bits per heavy atom. The second-order valence-electron chi connectivity index (χ2n) is 4.24. The third kappa shape index (κ3) is 2.94. The maximum absolute atomic E-state index is 6.17. The van der Waals surface area contributed by atoms with Crippen LogP contribution in [-0.2, 0) is 13.0 Å². The molecule has 90 valence electrons. The van der Waals surface area contributed by atoms with E-state index in [9.17, 15) is 0 Å². The number of rotatable bonds is 5. The van der Waals surface area contributed by atoms with Gasteiger partial charge in [-0.25, -0.2) is 4.98 Å². The first-order valence-corrected chi connectivity index (χ1v) is 6.10. The topological polar surface area (TPSA) is 43.8 Å². The molecule has 2 N–H and O–H groups in total. The molecular weight excluding hydrogens is 210 g/mol. The highest BCUT2D eigenvalue weighted by molar-refractivity contribution is 5.18. The van der Waals surface area contributed by atoms with Crippen LogP contribution in [0.3, 0.4) is 0 Å². The number of aryl methyl sites for hydroxylation is 2. The Labute approximate surface area is 102 Å². The predicted molar refractivity (Wildman–Crippen MR) is 69.6 cm³/mol. The summed E-state index contributed by atoms with van der Waals surface area (Å²) in [7, 11) is 0. The van der Waals surface area contributed by atoms with Crippen LogP contribution in [-0.4, -0.2) is 9.55 Å². The molecule has 1 aromatic heterocycles. The first-order chi connectivity index (χ1) is 8.31. The van der Waals surface area contributed by atoms with Crippen LogP contribution in [0.1, 0.15) is 30.6 Å². The monoisotopic (exact) mass is 229 g/mol. The zero-order valence-corrected chi connectivity index (χ0v) is 10.2. The number of benzene rings is 1. The Balaban J connectivity index is 1.95. The molecule has 2 rings (SSSR count). The standard InChI is InChI=1S/C14H19N3/c1-2-13-10-16-11-17(13)9-8-14(15)12-6-4-3-5-7-12/h3-7,10-11,14H,2,8-9,15H2,1H3. The average molecular weight is 229 g/mol. The van der Waals surface area contributed by atoms with Crippen molar-refractivity contribution in [3.8, 4) is 0 Å². The molecule has 0 bridgehead atoms. The van der Waals surface area contributed by atoms with Gasteiger partial charge in [-0.05, 0) is 18.4 Å². The van der Waals surface area contributed by atoms with Gasteiger partial charge in [0, 0.05) is 24.5 Å². The fourth-order valence-corrected chi connectivity index (χ4v) is 1.99. The van der Waals surface area contributed by atoms with Crippen molar-refractivity contribution in [2.24, 2.45) is 5.73 Å². The lowest BCUT2D eigenvalue weighted by Crippen LogP contribution is -2.14. The number of imidazole rings is 1. The second kappa shape index (κ2) is 5.64. The van der Waals surface area contributed by atoms with Gasteiger partial charge in [0.25, 0.3) is 0 Å². The highest BCUT2D eigenvalue weighted by atomic mass is 15.0. The van der Waals surface area contributed by atoms with Crippen molar-refractivity contribution in [2.75, 3.05) is 0 Å². The van der Waals surface area contributed by atoms with Crippen LogP contribution in [0, 0.1) is 0 Å². The van der Waals surface area contributed by atoms with Gasteiger partial charge in [-0.2, -0.15) is 0 Å². The summed E-state index contributed by atoms with van der Waals surface area (Å²) in [5, 5.41) is 0. The lowest BCUT2D eigenvalue weighted by molar-refractivity contribution is 0.548. The third-order valence-corrected chi connectivity index (χ3v) is 3.07. The lowest BCUT2D eigenvalue weighted by atomic mass is 10.1. The quantitative estimate of drug-likeness (QED) is 0.856. The van der Waals surface area contributed by atoms with Crippen LogP contribution in [0.15, 0.2) is 42.9 Å². The highest BCUT2D eigenvalue weighted by Crippen LogP contribution is 2.14. The number of aromatic nitrogens is 2. The normalized spacial score (nSPS) is 12.6. The van der Waals surface area contributed by atoms with Crippen molar-refractivity contribution >= 4 is 0 Å². The molecule has 0 aliphatic heterocycles. The Bertz CT molecular complexity index is 448. The number of hydrogen-bond acceptors (Lipinski definition) is 2. The summed E-state index contributed by atoms with van der Waals surface area (Å²) >= 11 is 0. The Morgan fingerprint density at radius 1 is 1.29 bits per heavy atom. The van der Waals surface area contributed by atoms with Gasteiger partial charge in [-0.3, -0.25) is 0 Å². The molecule has 0 aliphatic rings. The van der Waals surface area contributed by atoms with Gasteiger partial charge in [-0.1, -0.05) is 37.3 Å². The molecule has 0 fully saturated rings. The van der Waals surface area contributed by atoms with Crippen LogP contribution >= 0.6 is 0 Å². The Kier molecular flexibility index (Phi) is 3.94. The molecule has 3 heteroatoms. The number of nitrogens with zero attached hydrogens (tertiary/aromatic N) is 2. The predicted octanol–water partition coefficient (Wildman–Crippen LogP) is 2.54. The van der Waals surface area contributed by atoms with Crippen LogP contribution in [0.2, 0.25) is 0 Å². The summed E-state index contributed by atoms with van der Waals surface area (Å²) in [5.74, 6) is 0. The van der Waals surface area contributed by atoms with Gasteiger partial charge in [0.2, 0.25) is 0 Å². The number of nitrogens with two attached hydrogens (primary N) is 1. The van der Waals surface area contributed by atoms with E-state index in [1.54, 1.807) is 0 Å². The van der Waals surface area contributed by atoms with Crippen molar-refractivity contribution < 1.29 is 0 Å². The molecule has 17 heavy (non-hydrogen) atoms. The molecule has 1 unspecified atom stereocenters. The van der Waals surface area contributed by atoms with E-state index < -0.39 is 0 Å². The van der Waals surface area contributed by atoms with E-state index in [4.69, 9.17) is 5.73 Å². The van der Waals surface area contributed by atoms with E-state index in [-0.39, 0.29) is 6.04 Å². The van der Waals surface area contributed by atoms with Crippen molar-refractivity contribution in [1.82, 2.24) is 9.55 Å². The summed E-state index contributed by atoms with van der Waals surface area (Å²) in [6, 6.07) is 10.3. The van der Waals surface area contributed by atoms with Gasteiger partial charge in [0.05, 0.1) is 6.33 Å². The first-order valence-electron chi connectivity index (χ1n) is 6.10. The van der Waals surface area contributed by atoms with Gasteiger partial charge >= 0.3 is 0 Å². The summed E-state index contributed by atoms with van der Waals surface area (Å²) in [6.07, 6.45) is 5.76. The van der Waals surface area contributed by atoms with Crippen LogP contribution in [0.5, 0.6) is 0 Å². The molecule has 0 saturated carbocycles. The first kappa shape index (κ1) is 11.9. The van der Waals surface area contributed by atoms with Gasteiger partial charge < -0.3 is 10.3 Å². The molecule has 0 spiro atoms. The maximum atomic E-state index is 6.17. The van der Waals surface area contributed by atoms with E-state index in [2.05, 4.69) is 28.6 Å². The fourth-order valence-electron chi connectivity index (χ4n) is 1.99. The Morgan fingerprint density at radius 3 is 2.76 bits per heavy atom. The van der Waals surface area contributed by atoms with Crippen molar-refractivity contribution in [3.05, 3.63) is 54.1 Å². The smallest absolute Gasteiger partial charge is 0.0948 e. The van der Waals surface area contributed by atoms with Crippen LogP contribution in [0.25, 0.3) is 0 Å². The molecule has 0 saturated heterocycles. The summed E-state index contributed by atoms with van der Waals surface area (Å²) in [4.78, 5) is 4.17. The van der Waals surface area contributed by atoms with Gasteiger partial charge in [0.15, 0.2) is 0 Å². The highest BCUT2D eigenvalue weighted by Gasteiger charge is 2.06. The fraction of sp³-hybridized carbons (Fsp3) is 0.357. The van der Waals surface area contributed by atoms with Gasteiger partial charge in [-0.15, -0.1) is 0 Å². The third-order valence-electron chi connectivity index (χ3n) is 3.07. The minimum Gasteiger partial charge on any atom is -0.335 e. The largest absolute Gasteiger partial charge is 0.335 e. The van der Waals surface area contributed by atoms with E-state index >= 15 is 0 Å². The summed E-state index contributed by atoms with van der Waals surface area (Å²) < 4.78 is 2.18. The zero-order chi connectivity index (χ0) is 12.1. The molecular formula is C14H19N3. The average Bonchev–Trinajstić information content (AvgIpc) is 2.84. The van der Waals surface area contributed by atoms with Crippen molar-refractivity contribution in [2.45, 2.75) is 32.4 Å². The molecule has 3 nitrogen and oxygen atoms in total. The lowest BCUT2D eigenvalue weighted by Gasteiger charge is -2.13. The summed E-state index contributed by atoms with van der Waals surface area (Å²) in [5.41, 5.74) is 8.64. The van der Waals surface area contributed by atoms with Crippen molar-refractivity contribution in [1.29, 1.82) is 0 Å². The SMILES string of the molecule is CCc1cncn1CCC(N)c1ccccc1. The Hall–Kier alpha value is -1.61. The second-order valence-corrected chi connectivity index (χ2v) is 4.24. The van der Waals surface area contributed by atoms with Crippen molar-refractivity contribution in [3.63, 3.8) is 0 Å². The van der Waals surface area contributed by atoms with E-state index in [0.29, 0.717) is 0 Å². The molecule has 1 aromatic carbocycles. The van der Waals surface area contributed by atoms with Crippen LogP contribution in [0.4, 0.5) is 0 Å². The summed E-state index contributed by atoms with van der Waals surface area (Å²) in [6.45, 7) is 3.07. The molecule has 1 heterocycles. The molecule has 0 amide bonds. The van der Waals surface area contributed by atoms with Crippen LogP contribution < -0.4 is 5.73 Å². The zero-order valence-electron chi connectivity index (χ0n) is 10.2. The maximum Gasteiger partial charge on any atom is 0.0948 e. The minimum absolute atomic E-state index is 0.100. The molecule has 0 aliphatic carbocycles. The van der Waals surface area contributed by atoms with E-state index in [1.807, 2.05) is 30.7 Å². The van der Waals surface area contributed by atoms with E-state index in [0.717, 1.165) is 19.4 Å². The van der Waals surface area contributed by atoms with E-state index in [1.165, 1.54) is 11.3 Å². The number of hydrogen-bond donors (Lipinski definition) is 1. The van der Waals surface area contributed by atoms with Gasteiger partial charge in [0.1, 0.15) is 0 Å².